The van der Waals surface area contributed by atoms with E-state index in [2.05, 4.69) is 22.0 Å². The van der Waals surface area contributed by atoms with Gasteiger partial charge in [0.1, 0.15) is 5.69 Å². The number of carbonyl (C=O) groups excluding carboxylic acids is 1. The third-order valence-corrected chi connectivity index (χ3v) is 3.22. The van der Waals surface area contributed by atoms with Crippen molar-refractivity contribution in [2.45, 2.75) is 12.5 Å². The van der Waals surface area contributed by atoms with E-state index < -0.39 is 0 Å². The molecule has 1 aromatic heterocycles. The van der Waals surface area contributed by atoms with Crippen molar-refractivity contribution in [2.75, 3.05) is 6.54 Å². The average molecular weight is 226 g/mol. The summed E-state index contributed by atoms with van der Waals surface area (Å²) in [5, 5.41) is 2.93. The van der Waals surface area contributed by atoms with Gasteiger partial charge in [-0.25, -0.2) is 0 Å². The summed E-state index contributed by atoms with van der Waals surface area (Å²) in [5.74, 6) is 0.0271. The lowest BCUT2D eigenvalue weighted by Crippen LogP contribution is -2.39. The molecule has 17 heavy (non-hydrogen) atoms. The predicted molar refractivity (Wildman–Crippen MR) is 65.9 cm³/mol. The van der Waals surface area contributed by atoms with Gasteiger partial charge in [0.05, 0.1) is 6.04 Å². The molecule has 0 saturated heterocycles. The molecule has 0 fully saturated rings. The number of nitrogens with zero attached hydrogens (tertiary/aromatic N) is 1. The van der Waals surface area contributed by atoms with Crippen LogP contribution in [0.2, 0.25) is 0 Å². The smallest absolute Gasteiger partial charge is 0.267 e. The quantitative estimate of drug-likeness (QED) is 0.835. The van der Waals surface area contributed by atoms with Crippen molar-refractivity contribution < 1.29 is 4.79 Å². The fourth-order valence-corrected chi connectivity index (χ4v) is 2.36. The summed E-state index contributed by atoms with van der Waals surface area (Å²) in [6.07, 6.45) is 2.93. The SMILES string of the molecule is O=C1NCC(Cc2ccccc2)n2cccc21. The van der Waals surface area contributed by atoms with E-state index in [0.717, 1.165) is 12.1 Å². The zero-order valence-corrected chi connectivity index (χ0v) is 9.47. The first-order valence-electron chi connectivity index (χ1n) is 5.83. The van der Waals surface area contributed by atoms with Crippen molar-refractivity contribution >= 4 is 5.91 Å². The van der Waals surface area contributed by atoms with E-state index >= 15 is 0 Å². The summed E-state index contributed by atoms with van der Waals surface area (Å²) in [5.41, 5.74) is 2.06. The zero-order valence-electron chi connectivity index (χ0n) is 9.47. The molecule has 0 spiro atoms. The number of amides is 1. The lowest BCUT2D eigenvalue weighted by Gasteiger charge is -2.26. The van der Waals surface area contributed by atoms with Crippen molar-refractivity contribution in [3.05, 3.63) is 59.9 Å². The molecule has 2 heterocycles. The molecule has 3 rings (SSSR count). The Labute approximate surface area is 100 Å². The molecule has 0 aliphatic carbocycles. The van der Waals surface area contributed by atoms with Crippen LogP contribution in [0.1, 0.15) is 22.1 Å². The molecule has 3 heteroatoms. The standard InChI is InChI=1S/C14H14N2O/c17-14-13-7-4-8-16(13)12(10-15-14)9-11-5-2-1-3-6-11/h1-8,12H,9-10H2,(H,15,17). The maximum atomic E-state index is 11.6. The lowest BCUT2D eigenvalue weighted by molar-refractivity contribution is 0.0915. The van der Waals surface area contributed by atoms with Crippen LogP contribution < -0.4 is 5.32 Å². The maximum absolute atomic E-state index is 11.6. The molecule has 0 bridgehead atoms. The van der Waals surface area contributed by atoms with Gasteiger partial charge in [-0.05, 0) is 24.1 Å². The molecule has 1 amide bonds. The van der Waals surface area contributed by atoms with Crippen LogP contribution >= 0.6 is 0 Å². The van der Waals surface area contributed by atoms with Crippen molar-refractivity contribution in [1.29, 1.82) is 0 Å². The lowest BCUT2D eigenvalue weighted by atomic mass is 10.0. The highest BCUT2D eigenvalue weighted by molar-refractivity contribution is 5.93. The van der Waals surface area contributed by atoms with Crippen molar-refractivity contribution in [3.8, 4) is 0 Å². The number of rotatable bonds is 2. The van der Waals surface area contributed by atoms with E-state index in [1.807, 2.05) is 36.5 Å². The Hall–Kier alpha value is -2.03. The molecule has 1 atom stereocenters. The Morgan fingerprint density at radius 1 is 1.18 bits per heavy atom. The van der Waals surface area contributed by atoms with Gasteiger partial charge in [0.25, 0.3) is 5.91 Å². The summed E-state index contributed by atoms with van der Waals surface area (Å²) in [4.78, 5) is 11.6. The van der Waals surface area contributed by atoms with Crippen molar-refractivity contribution in [2.24, 2.45) is 0 Å². The van der Waals surface area contributed by atoms with Crippen LogP contribution in [0.5, 0.6) is 0 Å². The van der Waals surface area contributed by atoms with Gasteiger partial charge in [0.15, 0.2) is 0 Å². The highest BCUT2D eigenvalue weighted by Crippen LogP contribution is 2.20. The Bertz CT molecular complexity index is 530. The van der Waals surface area contributed by atoms with E-state index in [-0.39, 0.29) is 5.91 Å². The van der Waals surface area contributed by atoms with Gasteiger partial charge in [-0.15, -0.1) is 0 Å². The monoisotopic (exact) mass is 226 g/mol. The number of fused-ring (bicyclic) bond motifs is 1. The summed E-state index contributed by atoms with van der Waals surface area (Å²) < 4.78 is 2.08. The number of nitrogens with one attached hydrogen (secondary N) is 1. The van der Waals surface area contributed by atoms with Gasteiger partial charge in [-0.1, -0.05) is 30.3 Å². The fourth-order valence-electron chi connectivity index (χ4n) is 2.36. The number of aromatic nitrogens is 1. The molecular formula is C14H14N2O. The minimum absolute atomic E-state index is 0.0271. The van der Waals surface area contributed by atoms with Crippen LogP contribution in [0.3, 0.4) is 0 Å². The van der Waals surface area contributed by atoms with Crippen molar-refractivity contribution in [1.82, 2.24) is 9.88 Å². The van der Waals surface area contributed by atoms with Gasteiger partial charge in [-0.3, -0.25) is 4.79 Å². The van der Waals surface area contributed by atoms with Crippen LogP contribution in [0.15, 0.2) is 48.7 Å². The zero-order chi connectivity index (χ0) is 11.7. The second-order valence-corrected chi connectivity index (χ2v) is 4.35. The normalized spacial score (nSPS) is 18.6. The average Bonchev–Trinajstić information content (AvgIpc) is 2.84. The van der Waals surface area contributed by atoms with E-state index in [4.69, 9.17) is 0 Å². The first-order chi connectivity index (χ1) is 8.34. The van der Waals surface area contributed by atoms with Crippen LogP contribution in [0.4, 0.5) is 0 Å². The first kappa shape index (κ1) is 10.1. The Morgan fingerprint density at radius 3 is 2.82 bits per heavy atom. The second-order valence-electron chi connectivity index (χ2n) is 4.35. The first-order valence-corrected chi connectivity index (χ1v) is 5.83. The van der Waals surface area contributed by atoms with Gasteiger partial charge < -0.3 is 9.88 Å². The third kappa shape index (κ3) is 1.84. The Kier molecular flexibility index (Phi) is 2.44. The van der Waals surface area contributed by atoms with Crippen LogP contribution in [-0.2, 0) is 6.42 Å². The second kappa shape index (κ2) is 4.09. The summed E-state index contributed by atoms with van der Waals surface area (Å²) in [7, 11) is 0. The van der Waals surface area contributed by atoms with Gasteiger partial charge in [-0.2, -0.15) is 0 Å². The third-order valence-electron chi connectivity index (χ3n) is 3.22. The molecule has 1 aromatic carbocycles. The summed E-state index contributed by atoms with van der Waals surface area (Å²) >= 11 is 0. The highest BCUT2D eigenvalue weighted by atomic mass is 16.2. The fraction of sp³-hybridized carbons (Fsp3) is 0.214. The number of hydrogen-bond donors (Lipinski definition) is 1. The molecule has 86 valence electrons. The van der Waals surface area contributed by atoms with Gasteiger partial charge in [0.2, 0.25) is 0 Å². The highest BCUT2D eigenvalue weighted by Gasteiger charge is 2.23. The van der Waals surface area contributed by atoms with E-state index in [0.29, 0.717) is 12.6 Å². The molecule has 1 aliphatic rings. The van der Waals surface area contributed by atoms with Gasteiger partial charge in [0, 0.05) is 12.7 Å². The summed E-state index contributed by atoms with van der Waals surface area (Å²) in [6, 6.07) is 14.5. The minimum atomic E-state index is 0.0271. The van der Waals surface area contributed by atoms with E-state index in [9.17, 15) is 4.79 Å². The molecule has 3 nitrogen and oxygen atoms in total. The molecule has 2 aromatic rings. The molecular weight excluding hydrogens is 212 g/mol. The largest absolute Gasteiger partial charge is 0.349 e. The molecule has 0 saturated carbocycles. The topological polar surface area (TPSA) is 34.0 Å². The molecule has 1 aliphatic heterocycles. The molecule has 1 N–H and O–H groups in total. The van der Waals surface area contributed by atoms with Crippen molar-refractivity contribution in [3.63, 3.8) is 0 Å². The van der Waals surface area contributed by atoms with Gasteiger partial charge >= 0.3 is 0 Å². The molecule has 1 unspecified atom stereocenters. The van der Waals surface area contributed by atoms with Crippen LogP contribution in [0, 0.1) is 0 Å². The molecule has 0 radical (unpaired) electrons. The maximum Gasteiger partial charge on any atom is 0.267 e. The number of carbonyl (C=O) groups is 1. The predicted octanol–water partition coefficient (Wildman–Crippen LogP) is 2.02. The van der Waals surface area contributed by atoms with E-state index in [1.165, 1.54) is 5.56 Å². The minimum Gasteiger partial charge on any atom is -0.349 e. The van der Waals surface area contributed by atoms with Crippen LogP contribution in [0.25, 0.3) is 0 Å². The summed E-state index contributed by atoms with van der Waals surface area (Å²) in [6.45, 7) is 0.704. The van der Waals surface area contributed by atoms with Crippen LogP contribution in [-0.4, -0.2) is 17.0 Å². The number of hydrogen-bond acceptors (Lipinski definition) is 1. The number of benzene rings is 1. The Morgan fingerprint density at radius 2 is 2.00 bits per heavy atom. The van der Waals surface area contributed by atoms with E-state index in [1.54, 1.807) is 0 Å². The Balaban J connectivity index is 1.87.